The van der Waals surface area contributed by atoms with Crippen LogP contribution >= 0.6 is 0 Å². The molecule has 3 aromatic carbocycles. The molecule has 0 amide bonds. The molecule has 3 N–H and O–H groups in total. The van der Waals surface area contributed by atoms with Crippen LogP contribution in [0.5, 0.6) is 0 Å². The summed E-state index contributed by atoms with van der Waals surface area (Å²) in [4.78, 5) is 12.1. The molecule has 27 heavy (non-hydrogen) atoms. The van der Waals surface area contributed by atoms with Gasteiger partial charge in [0.2, 0.25) is 0 Å². The van der Waals surface area contributed by atoms with E-state index in [4.69, 9.17) is 5.73 Å². The molecule has 0 heterocycles. The number of benzene rings is 3. The van der Waals surface area contributed by atoms with Crippen LogP contribution in [0, 0.1) is 0 Å². The third kappa shape index (κ3) is 3.99. The highest BCUT2D eigenvalue weighted by Crippen LogP contribution is 2.40. The molecule has 0 spiro atoms. The molecule has 0 bridgehead atoms. The van der Waals surface area contributed by atoms with Gasteiger partial charge in [0.25, 0.3) is 8.32 Å². The Labute approximate surface area is 163 Å². The fourth-order valence-electron chi connectivity index (χ4n) is 3.97. The number of para-hydroxylation sites is 1. The molecule has 3 aromatic rings. The quantitative estimate of drug-likeness (QED) is 0.482. The summed E-state index contributed by atoms with van der Waals surface area (Å²) in [7, 11) is -2.91. The molecule has 0 radical (unpaired) electrons. The third-order valence-electron chi connectivity index (χ3n) is 5.67. The number of hydrogen-bond acceptors (Lipinski definition) is 2. The Morgan fingerprint density at radius 2 is 1.26 bits per heavy atom. The molecule has 0 unspecified atom stereocenters. The molecule has 140 valence electrons. The van der Waals surface area contributed by atoms with Crippen LogP contribution < -0.4 is 16.1 Å². The predicted molar refractivity (Wildman–Crippen MR) is 118 cm³/mol. The van der Waals surface area contributed by atoms with E-state index in [0.29, 0.717) is 0 Å². The molecule has 0 aliphatic heterocycles. The van der Waals surface area contributed by atoms with Gasteiger partial charge in [-0.25, -0.2) is 0 Å². The van der Waals surface area contributed by atoms with Crippen molar-refractivity contribution in [2.75, 3.05) is 5.73 Å². The van der Waals surface area contributed by atoms with Crippen LogP contribution in [-0.2, 0) is 6.42 Å². The van der Waals surface area contributed by atoms with Crippen molar-refractivity contribution in [3.05, 3.63) is 90.5 Å². The van der Waals surface area contributed by atoms with Gasteiger partial charge in [0.15, 0.2) is 0 Å². The van der Waals surface area contributed by atoms with Gasteiger partial charge in [-0.2, -0.15) is 0 Å². The van der Waals surface area contributed by atoms with Crippen molar-refractivity contribution in [2.24, 2.45) is 0 Å². The second-order valence-electron chi connectivity index (χ2n) is 7.88. The molecule has 3 rings (SSSR count). The zero-order chi connectivity index (χ0) is 19.3. The van der Waals surface area contributed by atoms with Crippen LogP contribution in [0.1, 0.15) is 32.3 Å². The normalized spacial score (nSPS) is 12.1. The molecular weight excluding hydrogens is 346 g/mol. The number of aryl methyl sites for hydroxylation is 1. The van der Waals surface area contributed by atoms with Crippen LogP contribution in [0.4, 0.5) is 5.69 Å². The Kier molecular flexibility index (Phi) is 5.83. The molecule has 0 saturated heterocycles. The van der Waals surface area contributed by atoms with Gasteiger partial charge in [0.1, 0.15) is 0 Å². The second kappa shape index (κ2) is 8.11. The third-order valence-corrected chi connectivity index (χ3v) is 10.2. The lowest BCUT2D eigenvalue weighted by molar-refractivity contribution is 0.457. The summed E-state index contributed by atoms with van der Waals surface area (Å²) < 4.78 is 0. The van der Waals surface area contributed by atoms with E-state index in [-0.39, 0.29) is 5.04 Å². The smallest absolute Gasteiger partial charge is 0.258 e. The second-order valence-corrected chi connectivity index (χ2v) is 11.8. The van der Waals surface area contributed by atoms with Crippen molar-refractivity contribution >= 4 is 24.4 Å². The summed E-state index contributed by atoms with van der Waals surface area (Å²) in [5.41, 5.74) is 8.15. The fraction of sp³-hybridized carbons (Fsp3) is 0.250. The van der Waals surface area contributed by atoms with E-state index in [1.54, 1.807) is 0 Å². The number of nitrogen functional groups attached to an aromatic ring is 1. The lowest BCUT2D eigenvalue weighted by atomic mass is 10.0. The summed E-state index contributed by atoms with van der Waals surface area (Å²) in [6, 6.07) is 28.5. The van der Waals surface area contributed by atoms with Gasteiger partial charge in [-0.3, -0.25) is 0 Å². The Morgan fingerprint density at radius 1 is 0.778 bits per heavy atom. The number of hydrogen-bond donors (Lipinski definition) is 2. The predicted octanol–water partition coefficient (Wildman–Crippen LogP) is 4.12. The largest absolute Gasteiger partial charge is 0.424 e. The van der Waals surface area contributed by atoms with Crippen LogP contribution in [0.25, 0.3) is 0 Å². The van der Waals surface area contributed by atoms with Gasteiger partial charge in [-0.1, -0.05) is 92.7 Å². The average molecular weight is 376 g/mol. The van der Waals surface area contributed by atoms with Crippen LogP contribution in [0.15, 0.2) is 84.9 Å². The summed E-state index contributed by atoms with van der Waals surface area (Å²) >= 11 is 0. The van der Waals surface area contributed by atoms with Gasteiger partial charge in [-0.15, -0.1) is 0 Å². The highest BCUT2D eigenvalue weighted by Gasteiger charge is 2.49. The van der Waals surface area contributed by atoms with E-state index in [9.17, 15) is 4.80 Å². The Hall–Kier alpha value is -2.36. The SMILES string of the molecule is CC(C)(CCCc1ccccc1N)[Si](O)(c1ccccc1)c1ccccc1. The van der Waals surface area contributed by atoms with Crippen LogP contribution in [0.2, 0.25) is 5.04 Å². The van der Waals surface area contributed by atoms with Gasteiger partial charge in [0, 0.05) is 5.69 Å². The first kappa shape index (κ1) is 19.4. The average Bonchev–Trinajstić information content (AvgIpc) is 2.70. The first-order valence-corrected chi connectivity index (χ1v) is 11.6. The molecule has 0 aliphatic rings. The minimum Gasteiger partial charge on any atom is -0.424 e. The van der Waals surface area contributed by atoms with E-state index in [2.05, 4.69) is 44.2 Å². The fourth-order valence-corrected chi connectivity index (χ4v) is 7.75. The zero-order valence-corrected chi connectivity index (χ0v) is 17.2. The highest BCUT2D eigenvalue weighted by atomic mass is 28.4. The number of rotatable bonds is 7. The van der Waals surface area contributed by atoms with Crippen LogP contribution in [0.3, 0.4) is 0 Å². The summed E-state index contributed by atoms with van der Waals surface area (Å²) in [6.07, 6.45) is 2.87. The van der Waals surface area contributed by atoms with E-state index < -0.39 is 8.32 Å². The number of nitrogens with two attached hydrogens (primary N) is 1. The molecule has 0 saturated carbocycles. The molecule has 0 atom stereocenters. The van der Waals surface area contributed by atoms with Gasteiger partial charge in [0.05, 0.1) is 0 Å². The maximum absolute atomic E-state index is 12.1. The first-order valence-electron chi connectivity index (χ1n) is 9.62. The highest BCUT2D eigenvalue weighted by molar-refractivity contribution is 6.98. The lowest BCUT2D eigenvalue weighted by Crippen LogP contribution is -2.65. The summed E-state index contributed by atoms with van der Waals surface area (Å²) in [5, 5.41) is 1.93. The Morgan fingerprint density at radius 3 is 1.78 bits per heavy atom. The summed E-state index contributed by atoms with van der Waals surface area (Å²) in [5.74, 6) is 0. The van der Waals surface area contributed by atoms with Gasteiger partial charge < -0.3 is 10.5 Å². The molecule has 0 aliphatic carbocycles. The van der Waals surface area contributed by atoms with E-state index in [1.807, 2.05) is 54.6 Å². The van der Waals surface area contributed by atoms with Crippen molar-refractivity contribution in [2.45, 2.75) is 38.1 Å². The standard InChI is InChI=1S/C24H29NOSi/c1-24(2,19-11-13-20-12-9-10-18-23(20)25)27(26,21-14-5-3-6-15-21)22-16-7-4-8-17-22/h3-10,12,14-18,26H,11,13,19,25H2,1-2H3. The molecular formula is C24H29NOSi. The summed E-state index contributed by atoms with van der Waals surface area (Å²) in [6.45, 7) is 4.43. The zero-order valence-electron chi connectivity index (χ0n) is 16.2. The van der Waals surface area contributed by atoms with Crippen molar-refractivity contribution < 1.29 is 4.80 Å². The van der Waals surface area contributed by atoms with Crippen molar-refractivity contribution in [1.29, 1.82) is 0 Å². The van der Waals surface area contributed by atoms with E-state index in [0.717, 1.165) is 35.3 Å². The first-order chi connectivity index (χ1) is 12.9. The van der Waals surface area contributed by atoms with Crippen molar-refractivity contribution in [3.63, 3.8) is 0 Å². The molecule has 3 heteroatoms. The molecule has 0 fully saturated rings. The van der Waals surface area contributed by atoms with Gasteiger partial charge in [-0.05, 0) is 46.3 Å². The monoisotopic (exact) mass is 375 g/mol. The Balaban J connectivity index is 1.88. The number of anilines is 1. The Bertz CT molecular complexity index is 822. The molecule has 0 aromatic heterocycles. The van der Waals surface area contributed by atoms with Gasteiger partial charge >= 0.3 is 0 Å². The topological polar surface area (TPSA) is 46.2 Å². The maximum Gasteiger partial charge on any atom is 0.258 e. The minimum absolute atomic E-state index is 0.209. The molecule has 2 nitrogen and oxygen atoms in total. The minimum atomic E-state index is -2.91. The van der Waals surface area contributed by atoms with E-state index >= 15 is 0 Å². The lowest BCUT2D eigenvalue weighted by Gasteiger charge is -2.41. The van der Waals surface area contributed by atoms with Crippen molar-refractivity contribution in [1.82, 2.24) is 0 Å². The van der Waals surface area contributed by atoms with Crippen molar-refractivity contribution in [3.8, 4) is 0 Å². The van der Waals surface area contributed by atoms with Crippen LogP contribution in [-0.4, -0.2) is 13.1 Å². The van der Waals surface area contributed by atoms with E-state index in [1.165, 1.54) is 5.56 Å². The maximum atomic E-state index is 12.1.